The van der Waals surface area contributed by atoms with Crippen LogP contribution in [0.3, 0.4) is 0 Å². The first-order valence-electron chi connectivity index (χ1n) is 16.3. The second kappa shape index (κ2) is 19.9. The van der Waals surface area contributed by atoms with Crippen LogP contribution in [-0.2, 0) is 50.0 Å². The first-order chi connectivity index (χ1) is 22.0. The van der Waals surface area contributed by atoms with Gasteiger partial charge in [0.1, 0.15) is 11.5 Å². The fourth-order valence-corrected chi connectivity index (χ4v) is 4.90. The van der Waals surface area contributed by atoms with Crippen LogP contribution in [0.2, 0.25) is 0 Å². The van der Waals surface area contributed by atoms with Crippen molar-refractivity contribution < 1.29 is 46.8 Å². The summed E-state index contributed by atoms with van der Waals surface area (Å²) in [6.07, 6.45) is 5.37. The molecule has 3 aromatic rings. The molecule has 0 aliphatic rings. The van der Waals surface area contributed by atoms with Crippen molar-refractivity contribution in [1.29, 1.82) is 0 Å². The molecular weight excluding hydrogens is 663 g/mol. The van der Waals surface area contributed by atoms with E-state index in [-0.39, 0.29) is 39.1 Å². The third-order valence-corrected chi connectivity index (χ3v) is 6.84. The first kappa shape index (κ1) is 45.0. The van der Waals surface area contributed by atoms with Gasteiger partial charge in [-0.1, -0.05) is 87.4 Å². The van der Waals surface area contributed by atoms with Gasteiger partial charge >= 0.3 is 16.8 Å². The Hall–Kier alpha value is -3.95. The standard InChI is InChI=1S/C36H48N2O2.2C2H4O2.Co/c1-23(2)14-25-16-27(33(39)31(18-25)35(5,6)7)21-37-29-12-11-13-30(20-29)38-22-28-17-26(15-24(3)4)19-32(34(28)40)36(8,9)10;2*1-2(3)4;/h11-13,16-24,39-40H,14-15H2,1-10H3;2*1H3,(H,3,4);/q;;;+2/p-2. The number of aromatic hydroxyl groups is 2. The predicted molar refractivity (Wildman–Crippen MR) is 193 cm³/mol. The zero-order valence-corrected chi connectivity index (χ0v) is 32.1. The topological polar surface area (TPSA) is 145 Å². The van der Waals surface area contributed by atoms with Crippen molar-refractivity contribution >= 4 is 35.7 Å². The molecule has 0 fully saturated rings. The molecule has 9 heteroatoms. The Morgan fingerprint density at radius 2 is 0.980 bits per heavy atom. The van der Waals surface area contributed by atoms with Crippen LogP contribution in [-0.4, -0.2) is 34.6 Å². The Morgan fingerprint density at radius 3 is 1.24 bits per heavy atom. The van der Waals surface area contributed by atoms with E-state index in [9.17, 15) is 10.2 Å². The molecular formula is C40H54CoN2O6. The maximum Gasteiger partial charge on any atom is 2.00 e. The van der Waals surface area contributed by atoms with E-state index < -0.39 is 11.9 Å². The molecule has 49 heavy (non-hydrogen) atoms. The minimum absolute atomic E-state index is 0. The maximum absolute atomic E-state index is 11.1. The van der Waals surface area contributed by atoms with Gasteiger partial charge < -0.3 is 30.0 Å². The van der Waals surface area contributed by atoms with Gasteiger partial charge in [-0.2, -0.15) is 0 Å². The number of phenolic OH excluding ortho intramolecular Hbond substituents is 2. The molecule has 269 valence electrons. The van der Waals surface area contributed by atoms with E-state index in [0.717, 1.165) is 60.3 Å². The summed E-state index contributed by atoms with van der Waals surface area (Å²) in [6.45, 7) is 23.4. The van der Waals surface area contributed by atoms with E-state index in [4.69, 9.17) is 29.8 Å². The third-order valence-electron chi connectivity index (χ3n) is 6.84. The predicted octanol–water partition coefficient (Wildman–Crippen LogP) is 7.10. The normalized spacial score (nSPS) is 11.6. The second-order valence-electron chi connectivity index (χ2n) is 14.9. The van der Waals surface area contributed by atoms with Gasteiger partial charge in [0.2, 0.25) is 0 Å². The minimum Gasteiger partial charge on any atom is -0.550 e. The summed E-state index contributed by atoms with van der Waals surface area (Å²) in [7, 11) is 0. The van der Waals surface area contributed by atoms with Crippen LogP contribution in [0.15, 0.2) is 58.5 Å². The molecule has 1 radical (unpaired) electrons. The van der Waals surface area contributed by atoms with Gasteiger partial charge in [0.05, 0.1) is 11.4 Å². The molecule has 3 aromatic carbocycles. The van der Waals surface area contributed by atoms with Crippen molar-refractivity contribution in [2.75, 3.05) is 0 Å². The van der Waals surface area contributed by atoms with E-state index >= 15 is 0 Å². The number of hydrogen-bond donors (Lipinski definition) is 2. The summed E-state index contributed by atoms with van der Waals surface area (Å²) in [6, 6.07) is 16.0. The van der Waals surface area contributed by atoms with E-state index in [2.05, 4.69) is 81.4 Å². The Kier molecular flexibility index (Phi) is 18.3. The van der Waals surface area contributed by atoms with E-state index in [1.54, 1.807) is 12.4 Å². The number of carbonyl (C=O) groups is 2. The van der Waals surface area contributed by atoms with Crippen LogP contribution in [0.1, 0.15) is 116 Å². The van der Waals surface area contributed by atoms with Crippen molar-refractivity contribution in [1.82, 2.24) is 0 Å². The molecule has 0 aromatic heterocycles. The number of rotatable bonds is 8. The molecule has 2 N–H and O–H groups in total. The summed E-state index contributed by atoms with van der Waals surface area (Å²) in [5.74, 6) is -0.572. The summed E-state index contributed by atoms with van der Waals surface area (Å²) in [5, 5.41) is 39.9. The van der Waals surface area contributed by atoms with Crippen LogP contribution in [0.5, 0.6) is 11.5 Å². The summed E-state index contributed by atoms with van der Waals surface area (Å²) >= 11 is 0. The number of carboxylic acid groups (broad SMARTS) is 2. The summed E-state index contributed by atoms with van der Waals surface area (Å²) < 4.78 is 0. The van der Waals surface area contributed by atoms with Gasteiger partial charge in [0.25, 0.3) is 0 Å². The Bertz CT molecular complexity index is 1470. The number of aliphatic imine (C=N–C) groups is 2. The summed E-state index contributed by atoms with van der Waals surface area (Å²) in [5.41, 5.74) is 6.83. The molecule has 0 atom stereocenters. The van der Waals surface area contributed by atoms with Crippen molar-refractivity contribution in [3.63, 3.8) is 0 Å². The quantitative estimate of drug-likeness (QED) is 0.238. The average molecular weight is 718 g/mol. The zero-order chi connectivity index (χ0) is 37.0. The van der Waals surface area contributed by atoms with Gasteiger partial charge in [0.15, 0.2) is 0 Å². The van der Waals surface area contributed by atoms with Crippen molar-refractivity contribution in [2.45, 2.75) is 107 Å². The van der Waals surface area contributed by atoms with Crippen LogP contribution >= 0.6 is 0 Å². The van der Waals surface area contributed by atoms with Crippen LogP contribution < -0.4 is 10.2 Å². The SMILES string of the molecule is CC(=O)[O-].CC(=O)[O-].CC(C)Cc1cc(C=Nc2cccc(N=Cc3cc(CC(C)C)cc(C(C)(C)C)c3O)c2)c(O)c(C(C)(C)C)c1.[Co+2]. The fourth-order valence-electron chi connectivity index (χ4n) is 4.90. The van der Waals surface area contributed by atoms with Crippen LogP contribution in [0.4, 0.5) is 11.4 Å². The van der Waals surface area contributed by atoms with E-state index in [1.807, 2.05) is 36.4 Å². The second-order valence-corrected chi connectivity index (χ2v) is 14.9. The molecule has 3 rings (SSSR count). The number of nitrogens with zero attached hydrogens (tertiary/aromatic N) is 2. The number of carboxylic acids is 2. The Morgan fingerprint density at radius 1 is 0.673 bits per heavy atom. The van der Waals surface area contributed by atoms with E-state index in [1.165, 1.54) is 11.1 Å². The number of phenols is 2. The fraction of sp³-hybridized carbons (Fsp3) is 0.450. The van der Waals surface area contributed by atoms with Gasteiger partial charge in [-0.3, -0.25) is 9.98 Å². The monoisotopic (exact) mass is 717 g/mol. The zero-order valence-electron chi connectivity index (χ0n) is 31.1. The van der Waals surface area contributed by atoms with Crippen LogP contribution in [0.25, 0.3) is 0 Å². The molecule has 0 saturated heterocycles. The molecule has 8 nitrogen and oxygen atoms in total. The van der Waals surface area contributed by atoms with Crippen molar-refractivity contribution in [3.8, 4) is 11.5 Å². The van der Waals surface area contributed by atoms with E-state index in [0.29, 0.717) is 11.8 Å². The Balaban J connectivity index is 0.00000230. The molecule has 0 unspecified atom stereocenters. The molecule has 0 heterocycles. The van der Waals surface area contributed by atoms with Gasteiger partial charge in [0, 0.05) is 46.6 Å². The largest absolute Gasteiger partial charge is 2.00 e. The summed E-state index contributed by atoms with van der Waals surface area (Å²) in [4.78, 5) is 27.2. The van der Waals surface area contributed by atoms with Crippen molar-refractivity contribution in [3.05, 3.63) is 81.9 Å². The molecule has 0 aliphatic heterocycles. The smallest absolute Gasteiger partial charge is 0.550 e. The number of benzene rings is 3. The maximum atomic E-state index is 11.1. The van der Waals surface area contributed by atoms with Gasteiger partial charge in [-0.25, -0.2) is 0 Å². The molecule has 0 spiro atoms. The molecule has 0 aliphatic carbocycles. The third kappa shape index (κ3) is 16.8. The van der Waals surface area contributed by atoms with Gasteiger partial charge in [-0.15, -0.1) is 0 Å². The molecule has 0 amide bonds. The Labute approximate surface area is 303 Å². The molecule has 0 bridgehead atoms. The average Bonchev–Trinajstić information content (AvgIpc) is 2.91. The van der Waals surface area contributed by atoms with Crippen LogP contribution in [0, 0.1) is 11.8 Å². The number of aliphatic carboxylic acids is 2. The minimum atomic E-state index is -1.08. The first-order valence-corrected chi connectivity index (χ1v) is 16.3. The molecule has 0 saturated carbocycles. The van der Waals surface area contributed by atoms with Crippen molar-refractivity contribution in [2.24, 2.45) is 21.8 Å². The number of hydrogen-bond acceptors (Lipinski definition) is 8. The van der Waals surface area contributed by atoms with Gasteiger partial charge in [-0.05, 0) is 90.8 Å². The number of carbonyl (C=O) groups excluding carboxylic acids is 2.